The number of hydrogen-bond acceptors (Lipinski definition) is 5. The molecule has 7 nitrogen and oxygen atoms in total. The number of nitrogens with zero attached hydrogens (tertiary/aromatic N) is 2. The topological polar surface area (TPSA) is 84.7 Å². The van der Waals surface area contributed by atoms with Crippen LogP contribution in [0.2, 0.25) is 0 Å². The van der Waals surface area contributed by atoms with Gasteiger partial charge in [-0.1, -0.05) is 30.3 Å². The molecule has 2 unspecified atom stereocenters. The van der Waals surface area contributed by atoms with Crippen molar-refractivity contribution in [2.45, 2.75) is 64.2 Å². The Bertz CT molecular complexity index is 1310. The van der Waals surface area contributed by atoms with Crippen LogP contribution in [0.4, 0.5) is 19.3 Å². The number of alkyl carbamates (subject to hydrolysis) is 1. The Hall–Kier alpha value is -3.85. The Morgan fingerprint density at radius 3 is 2.31 bits per heavy atom. The number of nitro groups is 1. The fraction of sp³-hybridized carbons (Fsp3) is 0.367. The zero-order valence-corrected chi connectivity index (χ0v) is 22.3. The number of carbonyl (C=O) groups is 1. The minimum Gasteiger partial charge on any atom is -0.448 e. The molecule has 1 heterocycles. The third-order valence-electron chi connectivity index (χ3n) is 6.80. The van der Waals surface area contributed by atoms with Crippen molar-refractivity contribution in [3.05, 3.63) is 111 Å². The van der Waals surface area contributed by atoms with Crippen molar-refractivity contribution in [3.8, 4) is 0 Å². The van der Waals surface area contributed by atoms with Gasteiger partial charge >= 0.3 is 6.09 Å². The highest BCUT2D eigenvalue weighted by molar-refractivity contribution is 5.68. The van der Waals surface area contributed by atoms with Gasteiger partial charge in [0.25, 0.3) is 5.69 Å². The van der Waals surface area contributed by atoms with Crippen LogP contribution in [-0.2, 0) is 30.5 Å². The molecule has 1 N–H and O–H groups in total. The standard InChI is InChI=1S/C30H33F2N3O4/c1-30(2,3)33-29(36)39-19-28(15-21-6-12-26(13-7-21)35(37)38)34-18-23-16-25(32)11-8-22(23)17-27(34)14-20-4-9-24(31)10-5-20/h4-13,16,27-28H,14-15,17-19H2,1-3H3,(H,33,36). The van der Waals surface area contributed by atoms with Gasteiger partial charge in [0.05, 0.1) is 4.92 Å². The summed E-state index contributed by atoms with van der Waals surface area (Å²) in [7, 11) is 0. The summed E-state index contributed by atoms with van der Waals surface area (Å²) in [5.41, 5.74) is 3.22. The maximum absolute atomic E-state index is 14.2. The first-order valence-electron chi connectivity index (χ1n) is 12.9. The van der Waals surface area contributed by atoms with Crippen LogP contribution >= 0.6 is 0 Å². The van der Waals surface area contributed by atoms with Crippen LogP contribution in [0.1, 0.15) is 43.0 Å². The molecule has 0 saturated heterocycles. The second kappa shape index (κ2) is 11.9. The molecule has 0 spiro atoms. The van der Waals surface area contributed by atoms with E-state index in [1.54, 1.807) is 30.3 Å². The SMILES string of the molecule is CC(C)(C)NC(=O)OCC(Cc1ccc([N+](=O)[O-])cc1)N1Cc2cc(F)ccc2CC1Cc1ccc(F)cc1. The number of hydrogen-bond donors (Lipinski definition) is 1. The molecule has 3 aromatic rings. The second-order valence-electron chi connectivity index (χ2n) is 11.0. The van der Waals surface area contributed by atoms with Crippen molar-refractivity contribution in [3.63, 3.8) is 0 Å². The molecule has 0 bridgehead atoms. The predicted octanol–water partition coefficient (Wildman–Crippen LogP) is 5.98. The lowest BCUT2D eigenvalue weighted by Gasteiger charge is -2.42. The predicted molar refractivity (Wildman–Crippen MR) is 144 cm³/mol. The number of ether oxygens (including phenoxy) is 1. The second-order valence-corrected chi connectivity index (χ2v) is 11.0. The van der Waals surface area contributed by atoms with Gasteiger partial charge in [0.15, 0.2) is 0 Å². The van der Waals surface area contributed by atoms with Crippen molar-refractivity contribution in [2.24, 2.45) is 0 Å². The van der Waals surface area contributed by atoms with Crippen molar-refractivity contribution < 1.29 is 23.2 Å². The maximum atomic E-state index is 14.2. The first kappa shape index (κ1) is 28.2. The summed E-state index contributed by atoms with van der Waals surface area (Å²) >= 11 is 0. The third-order valence-corrected chi connectivity index (χ3v) is 6.80. The molecule has 0 aliphatic carbocycles. The van der Waals surface area contributed by atoms with E-state index in [2.05, 4.69) is 10.2 Å². The molecule has 1 amide bonds. The normalized spacial score (nSPS) is 16.3. The van der Waals surface area contributed by atoms with Gasteiger partial charge in [-0.05, 0) is 86.6 Å². The molecule has 39 heavy (non-hydrogen) atoms. The van der Waals surface area contributed by atoms with Gasteiger partial charge < -0.3 is 10.1 Å². The number of benzene rings is 3. The third kappa shape index (κ3) is 7.83. The number of carbonyl (C=O) groups excluding carboxylic acids is 1. The van der Waals surface area contributed by atoms with E-state index in [0.29, 0.717) is 25.8 Å². The first-order valence-corrected chi connectivity index (χ1v) is 12.9. The summed E-state index contributed by atoms with van der Waals surface area (Å²) in [6.45, 7) is 6.07. The van der Waals surface area contributed by atoms with E-state index in [0.717, 1.165) is 22.3 Å². The van der Waals surface area contributed by atoms with Crippen molar-refractivity contribution in [2.75, 3.05) is 6.61 Å². The van der Waals surface area contributed by atoms with E-state index >= 15 is 0 Å². The Morgan fingerprint density at radius 2 is 1.67 bits per heavy atom. The average molecular weight is 538 g/mol. The lowest BCUT2D eigenvalue weighted by molar-refractivity contribution is -0.384. The van der Waals surface area contributed by atoms with Gasteiger partial charge in [-0.25, -0.2) is 13.6 Å². The van der Waals surface area contributed by atoms with Crippen LogP contribution < -0.4 is 5.32 Å². The van der Waals surface area contributed by atoms with E-state index in [1.807, 2.05) is 20.8 Å². The van der Waals surface area contributed by atoms with Crippen molar-refractivity contribution in [1.82, 2.24) is 10.2 Å². The number of amides is 1. The van der Waals surface area contributed by atoms with Gasteiger partial charge in [0.1, 0.15) is 18.2 Å². The number of nitrogens with one attached hydrogen (secondary N) is 1. The lowest BCUT2D eigenvalue weighted by Crippen LogP contribution is -2.51. The van der Waals surface area contributed by atoms with Crippen molar-refractivity contribution >= 4 is 11.8 Å². The van der Waals surface area contributed by atoms with Crippen LogP contribution in [0.15, 0.2) is 66.7 Å². The number of nitro benzene ring substituents is 1. The molecule has 4 rings (SSSR count). The number of rotatable bonds is 8. The molecule has 0 fully saturated rings. The molecule has 1 aliphatic rings. The van der Waals surface area contributed by atoms with E-state index < -0.39 is 16.6 Å². The van der Waals surface area contributed by atoms with E-state index in [1.165, 1.54) is 36.4 Å². The highest BCUT2D eigenvalue weighted by atomic mass is 19.1. The van der Waals surface area contributed by atoms with Crippen LogP contribution in [0, 0.1) is 21.7 Å². The molecule has 1 aliphatic heterocycles. The minimum atomic E-state index is -0.547. The maximum Gasteiger partial charge on any atom is 0.407 e. The van der Waals surface area contributed by atoms with Gasteiger partial charge in [0.2, 0.25) is 0 Å². The fourth-order valence-electron chi connectivity index (χ4n) is 4.96. The summed E-state index contributed by atoms with van der Waals surface area (Å²) in [5.74, 6) is -0.632. The van der Waals surface area contributed by atoms with Crippen LogP contribution in [0.25, 0.3) is 0 Å². The van der Waals surface area contributed by atoms with Crippen LogP contribution in [0.5, 0.6) is 0 Å². The molecular formula is C30H33F2N3O4. The van der Waals surface area contributed by atoms with Gasteiger partial charge in [-0.2, -0.15) is 0 Å². The molecule has 0 aromatic heterocycles. The fourth-order valence-corrected chi connectivity index (χ4v) is 4.96. The van der Waals surface area contributed by atoms with E-state index in [4.69, 9.17) is 4.74 Å². The van der Waals surface area contributed by atoms with Crippen LogP contribution in [0.3, 0.4) is 0 Å². The van der Waals surface area contributed by atoms with Crippen LogP contribution in [-0.4, -0.2) is 40.1 Å². The average Bonchev–Trinajstić information content (AvgIpc) is 2.87. The molecule has 3 aromatic carbocycles. The van der Waals surface area contributed by atoms with E-state index in [-0.39, 0.29) is 36.0 Å². The summed E-state index contributed by atoms with van der Waals surface area (Å²) in [5, 5.41) is 13.9. The molecule has 0 radical (unpaired) electrons. The van der Waals surface area contributed by atoms with Gasteiger partial charge in [-0.15, -0.1) is 0 Å². The Kier molecular flexibility index (Phi) is 8.60. The summed E-state index contributed by atoms with van der Waals surface area (Å²) < 4.78 is 33.4. The summed E-state index contributed by atoms with van der Waals surface area (Å²) in [6, 6.07) is 17.1. The molecular weight excluding hydrogens is 504 g/mol. The lowest BCUT2D eigenvalue weighted by atomic mass is 9.88. The highest BCUT2D eigenvalue weighted by Crippen LogP contribution is 2.30. The molecule has 2 atom stereocenters. The first-order chi connectivity index (χ1) is 18.5. The monoisotopic (exact) mass is 537 g/mol. The quantitative estimate of drug-likeness (QED) is 0.282. The Morgan fingerprint density at radius 1 is 1.03 bits per heavy atom. The smallest absolute Gasteiger partial charge is 0.407 e. The molecule has 9 heteroatoms. The number of halogens is 2. The zero-order chi connectivity index (χ0) is 28.2. The largest absolute Gasteiger partial charge is 0.448 e. The number of non-ortho nitro benzene ring substituents is 1. The Balaban J connectivity index is 1.65. The highest BCUT2D eigenvalue weighted by Gasteiger charge is 2.33. The zero-order valence-electron chi connectivity index (χ0n) is 22.3. The Labute approximate surface area is 226 Å². The summed E-state index contributed by atoms with van der Waals surface area (Å²) in [4.78, 5) is 25.4. The minimum absolute atomic E-state index is 0.00679. The van der Waals surface area contributed by atoms with Gasteiger partial charge in [0, 0.05) is 36.3 Å². The molecule has 206 valence electrons. The van der Waals surface area contributed by atoms with E-state index in [9.17, 15) is 23.7 Å². The molecule has 0 saturated carbocycles. The summed E-state index contributed by atoms with van der Waals surface area (Å²) in [6.07, 6.45) is 1.15. The van der Waals surface area contributed by atoms with Crippen molar-refractivity contribution in [1.29, 1.82) is 0 Å². The number of fused-ring (bicyclic) bond motifs is 1. The van der Waals surface area contributed by atoms with Gasteiger partial charge in [-0.3, -0.25) is 15.0 Å².